The van der Waals surface area contributed by atoms with Crippen molar-refractivity contribution in [2.24, 2.45) is 5.41 Å². The van der Waals surface area contributed by atoms with Crippen molar-refractivity contribution in [1.82, 2.24) is 0 Å². The van der Waals surface area contributed by atoms with Crippen LogP contribution in [0.2, 0.25) is 0 Å². The zero-order valence-corrected chi connectivity index (χ0v) is 15.2. The number of hydrogen-bond donors (Lipinski definition) is 0. The Morgan fingerprint density at radius 2 is 1.81 bits per heavy atom. The first-order valence-corrected chi connectivity index (χ1v) is 8.50. The third-order valence-corrected chi connectivity index (χ3v) is 4.95. The topological polar surface area (TPSA) is 61.8 Å². The van der Waals surface area contributed by atoms with E-state index in [9.17, 15) is 9.59 Å². The predicted octanol–water partition coefficient (Wildman–Crippen LogP) is 3.56. The number of carbonyl (C=O) groups excluding carboxylic acids is 2. The highest BCUT2D eigenvalue weighted by Crippen LogP contribution is 2.49. The maximum absolute atomic E-state index is 12.9. The zero-order chi connectivity index (χ0) is 18.7. The molecule has 1 atom stereocenters. The summed E-state index contributed by atoms with van der Waals surface area (Å²) in [7, 11) is 2.56. The Morgan fingerprint density at radius 1 is 1.12 bits per heavy atom. The van der Waals surface area contributed by atoms with Gasteiger partial charge in [0.25, 0.3) is 0 Å². The number of carbonyl (C=O) groups is 2. The molecule has 2 aliphatic rings. The van der Waals surface area contributed by atoms with Gasteiger partial charge in [-0.05, 0) is 18.1 Å². The largest absolute Gasteiger partial charge is 0.489 e. The fourth-order valence-electron chi connectivity index (χ4n) is 3.64. The molecule has 0 fully saturated rings. The highest BCUT2D eigenvalue weighted by atomic mass is 16.5. The normalized spacial score (nSPS) is 20.7. The summed E-state index contributed by atoms with van der Waals surface area (Å²) < 4.78 is 16.3. The van der Waals surface area contributed by atoms with Gasteiger partial charge in [0, 0.05) is 18.4 Å². The van der Waals surface area contributed by atoms with Crippen molar-refractivity contribution in [1.29, 1.82) is 0 Å². The minimum absolute atomic E-state index is 0.125. The first kappa shape index (κ1) is 18.0. The van der Waals surface area contributed by atoms with Crippen LogP contribution in [0.5, 0.6) is 0 Å². The molecule has 5 nitrogen and oxygen atoms in total. The van der Waals surface area contributed by atoms with Gasteiger partial charge in [-0.1, -0.05) is 48.6 Å². The summed E-state index contributed by atoms with van der Waals surface area (Å²) in [4.78, 5) is 25.7. The van der Waals surface area contributed by atoms with E-state index in [2.05, 4.69) is 0 Å². The van der Waals surface area contributed by atoms with Crippen molar-refractivity contribution < 1.29 is 23.8 Å². The Morgan fingerprint density at radius 3 is 2.46 bits per heavy atom. The molecule has 1 aromatic rings. The van der Waals surface area contributed by atoms with Gasteiger partial charge >= 0.3 is 11.9 Å². The maximum Gasteiger partial charge on any atom is 0.328 e. The molecular formula is C21H22O5. The number of benzene rings is 1. The van der Waals surface area contributed by atoms with Crippen molar-refractivity contribution in [3.8, 4) is 0 Å². The van der Waals surface area contributed by atoms with Gasteiger partial charge in [-0.2, -0.15) is 0 Å². The summed E-state index contributed by atoms with van der Waals surface area (Å²) >= 11 is 0. The molecule has 0 radical (unpaired) electrons. The SMILES string of the molecule is COC(=O)C1(C(=O)OC)CC(c2ccccc2C)OC2=C1C=CC=CC2. The molecule has 0 bridgehead atoms. The second kappa shape index (κ2) is 7.20. The number of aryl methyl sites for hydroxylation is 1. The lowest BCUT2D eigenvalue weighted by molar-refractivity contribution is -0.170. The monoisotopic (exact) mass is 354 g/mol. The molecule has 0 amide bonds. The molecule has 136 valence electrons. The third-order valence-electron chi connectivity index (χ3n) is 4.95. The summed E-state index contributed by atoms with van der Waals surface area (Å²) in [6.07, 6.45) is 7.48. The number of esters is 2. The van der Waals surface area contributed by atoms with E-state index in [4.69, 9.17) is 14.2 Å². The lowest BCUT2D eigenvalue weighted by Crippen LogP contribution is -2.46. The summed E-state index contributed by atoms with van der Waals surface area (Å²) in [6.45, 7) is 1.98. The van der Waals surface area contributed by atoms with Crippen LogP contribution in [0.25, 0.3) is 0 Å². The average molecular weight is 354 g/mol. The van der Waals surface area contributed by atoms with E-state index in [1.807, 2.05) is 43.3 Å². The molecule has 0 N–H and O–H groups in total. The Bertz CT molecular complexity index is 799. The quantitative estimate of drug-likeness (QED) is 0.613. The Hall–Kier alpha value is -2.82. The third kappa shape index (κ3) is 2.83. The predicted molar refractivity (Wildman–Crippen MR) is 96.0 cm³/mol. The van der Waals surface area contributed by atoms with Crippen LogP contribution in [0, 0.1) is 12.3 Å². The summed E-state index contributed by atoms with van der Waals surface area (Å²) in [5.74, 6) is -0.680. The van der Waals surface area contributed by atoms with Crippen molar-refractivity contribution in [2.45, 2.75) is 25.9 Å². The van der Waals surface area contributed by atoms with Crippen LogP contribution >= 0.6 is 0 Å². The second-order valence-electron chi connectivity index (χ2n) is 6.38. The molecule has 5 heteroatoms. The van der Waals surface area contributed by atoms with E-state index in [-0.39, 0.29) is 6.42 Å². The molecule has 1 aromatic carbocycles. The van der Waals surface area contributed by atoms with Crippen molar-refractivity contribution >= 4 is 11.9 Å². The Kier molecular flexibility index (Phi) is 4.98. The molecule has 3 rings (SSSR count). The molecule has 0 aromatic heterocycles. The second-order valence-corrected chi connectivity index (χ2v) is 6.38. The number of rotatable bonds is 3. The molecule has 26 heavy (non-hydrogen) atoms. The van der Waals surface area contributed by atoms with Gasteiger partial charge in [0.05, 0.1) is 14.2 Å². The molecule has 1 aliphatic heterocycles. The maximum atomic E-state index is 12.9. The van der Waals surface area contributed by atoms with E-state index >= 15 is 0 Å². The molecular weight excluding hydrogens is 332 g/mol. The Labute approximate surface area is 152 Å². The van der Waals surface area contributed by atoms with E-state index in [1.54, 1.807) is 12.2 Å². The van der Waals surface area contributed by atoms with Crippen LogP contribution in [-0.2, 0) is 23.8 Å². The molecule has 0 saturated heterocycles. The van der Waals surface area contributed by atoms with E-state index in [0.717, 1.165) is 11.1 Å². The van der Waals surface area contributed by atoms with E-state index < -0.39 is 23.5 Å². The average Bonchev–Trinajstić information content (AvgIpc) is 2.91. The highest BCUT2D eigenvalue weighted by molar-refractivity contribution is 6.04. The molecule has 0 saturated carbocycles. The minimum atomic E-state index is -1.55. The molecule has 1 heterocycles. The van der Waals surface area contributed by atoms with Crippen LogP contribution in [-0.4, -0.2) is 26.2 Å². The lowest BCUT2D eigenvalue weighted by Gasteiger charge is -2.39. The van der Waals surface area contributed by atoms with Gasteiger partial charge in [0.15, 0.2) is 5.41 Å². The van der Waals surface area contributed by atoms with Gasteiger partial charge in [-0.3, -0.25) is 9.59 Å². The standard InChI is InChI=1S/C21H22O5/c1-14-9-7-8-10-15(14)18-13-21(19(22)24-2,20(23)25-3)16-11-5-4-6-12-17(16)26-18/h4-11,18H,12-13H2,1-3H3. The summed E-state index contributed by atoms with van der Waals surface area (Å²) in [5, 5.41) is 0. The summed E-state index contributed by atoms with van der Waals surface area (Å²) in [5.41, 5.74) is 0.927. The van der Waals surface area contributed by atoms with E-state index in [1.165, 1.54) is 14.2 Å². The van der Waals surface area contributed by atoms with Crippen LogP contribution < -0.4 is 0 Å². The molecule has 1 unspecified atom stereocenters. The summed E-state index contributed by atoms with van der Waals surface area (Å²) in [6, 6.07) is 7.79. The Balaban J connectivity index is 2.20. The number of allylic oxidation sites excluding steroid dienone is 4. The van der Waals surface area contributed by atoms with Crippen molar-refractivity contribution in [2.75, 3.05) is 14.2 Å². The van der Waals surface area contributed by atoms with Crippen molar-refractivity contribution in [3.05, 3.63) is 71.0 Å². The van der Waals surface area contributed by atoms with Gasteiger partial charge in [-0.25, -0.2) is 0 Å². The first-order valence-electron chi connectivity index (χ1n) is 8.50. The van der Waals surface area contributed by atoms with Gasteiger partial charge in [-0.15, -0.1) is 0 Å². The zero-order valence-electron chi connectivity index (χ0n) is 15.2. The lowest BCUT2D eigenvalue weighted by atomic mass is 9.71. The number of ether oxygens (including phenoxy) is 3. The fraction of sp³-hybridized carbons (Fsp3) is 0.333. The smallest absolute Gasteiger partial charge is 0.328 e. The molecule has 0 spiro atoms. The number of hydrogen-bond acceptors (Lipinski definition) is 5. The van der Waals surface area contributed by atoms with Crippen LogP contribution in [0.3, 0.4) is 0 Å². The first-order chi connectivity index (χ1) is 12.5. The van der Waals surface area contributed by atoms with Crippen LogP contribution in [0.15, 0.2) is 59.9 Å². The fourth-order valence-corrected chi connectivity index (χ4v) is 3.64. The van der Waals surface area contributed by atoms with Crippen LogP contribution in [0.1, 0.15) is 30.1 Å². The van der Waals surface area contributed by atoms with Gasteiger partial charge < -0.3 is 14.2 Å². The molecule has 1 aliphatic carbocycles. The van der Waals surface area contributed by atoms with E-state index in [0.29, 0.717) is 17.8 Å². The van der Waals surface area contributed by atoms with Crippen LogP contribution in [0.4, 0.5) is 0 Å². The highest BCUT2D eigenvalue weighted by Gasteiger charge is 2.56. The van der Waals surface area contributed by atoms with Crippen molar-refractivity contribution in [3.63, 3.8) is 0 Å². The van der Waals surface area contributed by atoms with Gasteiger partial charge in [0.2, 0.25) is 0 Å². The minimum Gasteiger partial charge on any atom is -0.489 e. The number of methoxy groups -OCH3 is 2. The van der Waals surface area contributed by atoms with Gasteiger partial charge in [0.1, 0.15) is 11.9 Å².